The first kappa shape index (κ1) is 21.6. The third-order valence-electron chi connectivity index (χ3n) is 5.58. The summed E-state index contributed by atoms with van der Waals surface area (Å²) in [5, 5.41) is 3.31. The van der Waals surface area contributed by atoms with Crippen LogP contribution in [0.5, 0.6) is 11.5 Å². The second-order valence-electron chi connectivity index (χ2n) is 7.58. The SMILES string of the molecule is COc1cc2c(cc1OCC(F)F)-c1c(C)c(NCC3COCCO3)cc(=O)n1CC2. The van der Waals surface area contributed by atoms with Gasteiger partial charge in [0.05, 0.1) is 38.7 Å². The quantitative estimate of drug-likeness (QED) is 0.720. The summed E-state index contributed by atoms with van der Waals surface area (Å²) in [5.74, 6) is 0.629. The summed E-state index contributed by atoms with van der Waals surface area (Å²) < 4.78 is 48.8. The van der Waals surface area contributed by atoms with Crippen LogP contribution >= 0.6 is 0 Å². The molecule has 7 nitrogen and oxygen atoms in total. The van der Waals surface area contributed by atoms with Gasteiger partial charge in [0.2, 0.25) is 0 Å². The average molecular weight is 436 g/mol. The van der Waals surface area contributed by atoms with Gasteiger partial charge in [-0.1, -0.05) is 0 Å². The molecule has 31 heavy (non-hydrogen) atoms. The Morgan fingerprint density at radius 1 is 1.26 bits per heavy atom. The molecule has 4 rings (SSSR count). The van der Waals surface area contributed by atoms with E-state index in [9.17, 15) is 13.6 Å². The van der Waals surface area contributed by atoms with Gasteiger partial charge in [-0.2, -0.15) is 0 Å². The normalized spacial score (nSPS) is 17.8. The van der Waals surface area contributed by atoms with Crippen molar-refractivity contribution in [2.45, 2.75) is 32.4 Å². The van der Waals surface area contributed by atoms with E-state index < -0.39 is 13.0 Å². The molecular formula is C22H26F2N2O5. The number of halogens is 2. The molecule has 1 saturated heterocycles. The van der Waals surface area contributed by atoms with Gasteiger partial charge in [0.1, 0.15) is 6.61 Å². The minimum absolute atomic E-state index is 0.0853. The zero-order chi connectivity index (χ0) is 22.0. The number of methoxy groups -OCH3 is 1. The molecule has 1 fully saturated rings. The van der Waals surface area contributed by atoms with Crippen LogP contribution in [-0.2, 0) is 22.4 Å². The second-order valence-corrected chi connectivity index (χ2v) is 7.58. The summed E-state index contributed by atoms with van der Waals surface area (Å²) in [6, 6.07) is 5.08. The van der Waals surface area contributed by atoms with Gasteiger partial charge in [0, 0.05) is 30.4 Å². The molecular weight excluding hydrogens is 410 g/mol. The van der Waals surface area contributed by atoms with E-state index in [1.807, 2.05) is 6.92 Å². The van der Waals surface area contributed by atoms with Crippen LogP contribution < -0.4 is 20.3 Å². The topological polar surface area (TPSA) is 71.0 Å². The number of fused-ring (bicyclic) bond motifs is 3. The van der Waals surface area contributed by atoms with E-state index in [1.54, 1.807) is 22.8 Å². The first-order valence-corrected chi connectivity index (χ1v) is 10.3. The Morgan fingerprint density at radius 3 is 2.81 bits per heavy atom. The van der Waals surface area contributed by atoms with Crippen LogP contribution in [0.25, 0.3) is 11.3 Å². The Hall–Kier alpha value is -2.65. The summed E-state index contributed by atoms with van der Waals surface area (Å²) >= 11 is 0. The standard InChI is InChI=1S/C22H26F2N2O5/c1-13-17(25-10-15-11-29-5-6-30-15)9-21(27)26-4-3-14-7-18(28-2)19(31-12-20(23)24)8-16(14)22(13)26/h7-9,15,20,25H,3-6,10-12H2,1-2H3. The predicted molar refractivity (Wildman–Crippen MR) is 112 cm³/mol. The Kier molecular flexibility index (Phi) is 6.43. The molecule has 1 aromatic heterocycles. The van der Waals surface area contributed by atoms with Gasteiger partial charge in [-0.3, -0.25) is 4.79 Å². The maximum atomic E-state index is 12.8. The van der Waals surface area contributed by atoms with Crippen molar-refractivity contribution in [3.63, 3.8) is 0 Å². The van der Waals surface area contributed by atoms with E-state index in [4.69, 9.17) is 18.9 Å². The monoisotopic (exact) mass is 436 g/mol. The van der Waals surface area contributed by atoms with Gasteiger partial charge in [0.15, 0.2) is 11.5 Å². The van der Waals surface area contributed by atoms with E-state index in [0.717, 1.165) is 22.4 Å². The third kappa shape index (κ3) is 4.52. The van der Waals surface area contributed by atoms with Crippen molar-refractivity contribution in [1.29, 1.82) is 0 Å². The number of aryl methyl sites for hydroxylation is 1. The number of hydrogen-bond donors (Lipinski definition) is 1. The number of benzene rings is 1. The first-order chi connectivity index (χ1) is 15.0. The highest BCUT2D eigenvalue weighted by Crippen LogP contribution is 2.40. The number of anilines is 1. The van der Waals surface area contributed by atoms with Crippen LogP contribution in [0.2, 0.25) is 0 Å². The lowest BCUT2D eigenvalue weighted by molar-refractivity contribution is -0.0818. The lowest BCUT2D eigenvalue weighted by Crippen LogP contribution is -2.35. The van der Waals surface area contributed by atoms with E-state index >= 15 is 0 Å². The number of hydrogen-bond acceptors (Lipinski definition) is 6. The molecule has 2 aliphatic rings. The molecule has 2 aromatic rings. The number of alkyl halides is 2. The second kappa shape index (κ2) is 9.23. The zero-order valence-corrected chi connectivity index (χ0v) is 17.6. The van der Waals surface area contributed by atoms with Gasteiger partial charge in [-0.15, -0.1) is 0 Å². The number of pyridine rings is 1. The van der Waals surface area contributed by atoms with Crippen LogP contribution in [0.1, 0.15) is 11.1 Å². The first-order valence-electron chi connectivity index (χ1n) is 10.3. The highest BCUT2D eigenvalue weighted by Gasteiger charge is 2.24. The minimum Gasteiger partial charge on any atom is -0.493 e. The lowest BCUT2D eigenvalue weighted by Gasteiger charge is -2.27. The van der Waals surface area contributed by atoms with E-state index in [2.05, 4.69) is 5.32 Å². The van der Waals surface area contributed by atoms with Crippen LogP contribution in [0.15, 0.2) is 23.0 Å². The molecule has 9 heteroatoms. The molecule has 0 amide bonds. The summed E-state index contributed by atoms with van der Waals surface area (Å²) in [6.45, 7) is 3.89. The maximum Gasteiger partial charge on any atom is 0.272 e. The average Bonchev–Trinajstić information content (AvgIpc) is 2.78. The molecule has 0 aliphatic carbocycles. The molecule has 1 unspecified atom stereocenters. The molecule has 0 bridgehead atoms. The molecule has 168 valence electrons. The number of nitrogens with one attached hydrogen (secondary N) is 1. The molecule has 0 spiro atoms. The third-order valence-corrected chi connectivity index (χ3v) is 5.58. The minimum atomic E-state index is -2.60. The molecule has 2 aliphatic heterocycles. The van der Waals surface area contributed by atoms with Crippen molar-refractivity contribution in [2.24, 2.45) is 0 Å². The van der Waals surface area contributed by atoms with Gasteiger partial charge in [0.25, 0.3) is 12.0 Å². The Balaban J connectivity index is 1.70. The van der Waals surface area contributed by atoms with Crippen LogP contribution in [-0.4, -0.2) is 57.2 Å². The highest BCUT2D eigenvalue weighted by molar-refractivity contribution is 5.76. The van der Waals surface area contributed by atoms with Gasteiger partial charge < -0.3 is 28.8 Å². The number of ether oxygens (including phenoxy) is 4. The maximum absolute atomic E-state index is 12.8. The number of nitrogens with zero attached hydrogens (tertiary/aromatic N) is 1. The van der Waals surface area contributed by atoms with Crippen molar-refractivity contribution in [2.75, 3.05) is 45.4 Å². The van der Waals surface area contributed by atoms with Crippen molar-refractivity contribution in [1.82, 2.24) is 4.57 Å². The van der Waals surface area contributed by atoms with Crippen molar-refractivity contribution < 1.29 is 27.7 Å². The van der Waals surface area contributed by atoms with Crippen molar-refractivity contribution in [3.8, 4) is 22.8 Å². The van der Waals surface area contributed by atoms with Crippen LogP contribution in [0, 0.1) is 6.92 Å². The molecule has 0 saturated carbocycles. The van der Waals surface area contributed by atoms with E-state index in [1.165, 1.54) is 7.11 Å². The summed E-state index contributed by atoms with van der Waals surface area (Å²) in [7, 11) is 1.47. The molecule has 1 aromatic carbocycles. The highest BCUT2D eigenvalue weighted by atomic mass is 19.3. The Morgan fingerprint density at radius 2 is 2.10 bits per heavy atom. The summed E-state index contributed by atoms with van der Waals surface area (Å²) in [6.07, 6.45) is -2.05. The number of aromatic nitrogens is 1. The molecule has 0 radical (unpaired) electrons. The van der Waals surface area contributed by atoms with Gasteiger partial charge in [-0.25, -0.2) is 8.78 Å². The van der Waals surface area contributed by atoms with Crippen molar-refractivity contribution >= 4 is 5.69 Å². The summed E-state index contributed by atoms with van der Waals surface area (Å²) in [4.78, 5) is 12.8. The fourth-order valence-corrected chi connectivity index (χ4v) is 4.07. The van der Waals surface area contributed by atoms with E-state index in [-0.39, 0.29) is 17.4 Å². The predicted octanol–water partition coefficient (Wildman–Crippen LogP) is 2.86. The van der Waals surface area contributed by atoms with Crippen LogP contribution in [0.3, 0.4) is 0 Å². The Labute approximate surface area is 178 Å². The Bertz CT molecular complexity index is 1000. The molecule has 1 N–H and O–H groups in total. The zero-order valence-electron chi connectivity index (χ0n) is 17.6. The number of rotatable bonds is 7. The van der Waals surface area contributed by atoms with E-state index in [0.29, 0.717) is 50.8 Å². The van der Waals surface area contributed by atoms with Crippen molar-refractivity contribution in [3.05, 3.63) is 39.7 Å². The van der Waals surface area contributed by atoms with Gasteiger partial charge in [-0.05, 0) is 36.6 Å². The van der Waals surface area contributed by atoms with Gasteiger partial charge >= 0.3 is 0 Å². The summed E-state index contributed by atoms with van der Waals surface area (Å²) in [5.41, 5.74) is 3.99. The fourth-order valence-electron chi connectivity index (χ4n) is 4.07. The smallest absolute Gasteiger partial charge is 0.272 e. The largest absolute Gasteiger partial charge is 0.493 e. The fraction of sp³-hybridized carbons (Fsp3) is 0.500. The molecule has 3 heterocycles. The lowest BCUT2D eigenvalue weighted by atomic mass is 9.93. The van der Waals surface area contributed by atoms with Crippen LogP contribution in [0.4, 0.5) is 14.5 Å². The molecule has 1 atom stereocenters.